The Balaban J connectivity index is 1.50. The number of halogens is 1. The molecule has 0 saturated carbocycles. The summed E-state index contributed by atoms with van der Waals surface area (Å²) in [7, 11) is 0. The zero-order chi connectivity index (χ0) is 18.4. The van der Waals surface area contributed by atoms with Crippen molar-refractivity contribution in [3.05, 3.63) is 65.8 Å². The summed E-state index contributed by atoms with van der Waals surface area (Å²) in [6.07, 6.45) is 1.65. The molecule has 0 radical (unpaired) electrons. The largest absolute Gasteiger partial charge is 0.481 e. The predicted molar refractivity (Wildman–Crippen MR) is 99.0 cm³/mol. The van der Waals surface area contributed by atoms with Crippen LogP contribution in [0, 0.1) is 0 Å². The number of hydrazine groups is 1. The minimum atomic E-state index is -0.627. The van der Waals surface area contributed by atoms with Crippen molar-refractivity contribution in [3.63, 3.8) is 0 Å². The van der Waals surface area contributed by atoms with Gasteiger partial charge in [0.05, 0.1) is 10.7 Å². The molecule has 26 heavy (non-hydrogen) atoms. The first-order chi connectivity index (χ1) is 12.6. The van der Waals surface area contributed by atoms with Crippen molar-refractivity contribution in [2.24, 2.45) is 0 Å². The number of hydrogen-bond donors (Lipinski definition) is 3. The molecule has 0 atom stereocenters. The molecule has 0 aliphatic rings. The van der Waals surface area contributed by atoms with E-state index >= 15 is 0 Å². The van der Waals surface area contributed by atoms with Gasteiger partial charge in [-0.05, 0) is 24.3 Å². The fourth-order valence-electron chi connectivity index (χ4n) is 2.21. The molecule has 2 aromatic carbocycles. The number of fused-ring (bicyclic) bond motifs is 1. The Labute approximate surface area is 154 Å². The number of carbonyl (C=O) groups is 2. The Hall–Kier alpha value is -3.32. The van der Waals surface area contributed by atoms with Crippen molar-refractivity contribution in [1.29, 1.82) is 0 Å². The number of pyridine rings is 1. The number of hydrogen-bond acceptors (Lipinski definition) is 4. The highest BCUT2D eigenvalue weighted by Crippen LogP contribution is 2.22. The van der Waals surface area contributed by atoms with Crippen LogP contribution in [0.4, 0.5) is 10.5 Å². The van der Waals surface area contributed by atoms with E-state index in [0.717, 1.165) is 5.39 Å². The lowest BCUT2D eigenvalue weighted by molar-refractivity contribution is -0.123. The third-order valence-corrected chi connectivity index (χ3v) is 3.72. The zero-order valence-electron chi connectivity index (χ0n) is 13.5. The smallest absolute Gasteiger partial charge is 0.337 e. The third kappa shape index (κ3) is 4.40. The van der Waals surface area contributed by atoms with Crippen LogP contribution in [0.1, 0.15) is 0 Å². The maximum atomic E-state index is 11.9. The van der Waals surface area contributed by atoms with Gasteiger partial charge in [-0.25, -0.2) is 10.2 Å². The Bertz CT molecular complexity index is 943. The van der Waals surface area contributed by atoms with Gasteiger partial charge in [-0.3, -0.25) is 15.2 Å². The minimum absolute atomic E-state index is 0.276. The van der Waals surface area contributed by atoms with E-state index in [1.54, 1.807) is 36.5 Å². The van der Waals surface area contributed by atoms with Crippen LogP contribution < -0.4 is 20.9 Å². The number of benzene rings is 2. The molecule has 0 fully saturated rings. The van der Waals surface area contributed by atoms with Crippen molar-refractivity contribution >= 4 is 40.1 Å². The van der Waals surface area contributed by atoms with Gasteiger partial charge in [-0.2, -0.15) is 0 Å². The molecular formula is C18H15ClN4O3. The molecule has 132 valence electrons. The van der Waals surface area contributed by atoms with Crippen LogP contribution in [0.3, 0.4) is 0 Å². The van der Waals surface area contributed by atoms with E-state index in [1.165, 1.54) is 0 Å². The van der Waals surface area contributed by atoms with Crippen molar-refractivity contribution in [2.45, 2.75) is 0 Å². The van der Waals surface area contributed by atoms with Gasteiger partial charge in [-0.1, -0.05) is 41.9 Å². The summed E-state index contributed by atoms with van der Waals surface area (Å²) in [4.78, 5) is 27.9. The van der Waals surface area contributed by atoms with Gasteiger partial charge in [0, 0.05) is 11.6 Å². The molecule has 0 aliphatic carbocycles. The summed E-state index contributed by atoms with van der Waals surface area (Å²) in [5.74, 6) is -0.0361. The number of aromatic nitrogens is 1. The average molecular weight is 371 g/mol. The molecule has 3 rings (SSSR count). The highest BCUT2D eigenvalue weighted by Gasteiger charge is 2.09. The maximum Gasteiger partial charge on any atom is 0.337 e. The summed E-state index contributed by atoms with van der Waals surface area (Å²) in [6.45, 7) is -0.276. The number of para-hydroxylation sites is 2. The molecule has 3 aromatic rings. The second-order valence-corrected chi connectivity index (χ2v) is 5.63. The molecule has 0 saturated heterocycles. The fraction of sp³-hybridized carbons (Fsp3) is 0.0556. The Kier molecular flexibility index (Phi) is 5.50. The minimum Gasteiger partial charge on any atom is -0.481 e. The molecular weight excluding hydrogens is 356 g/mol. The first kappa shape index (κ1) is 17.5. The maximum absolute atomic E-state index is 11.9. The summed E-state index contributed by atoms with van der Waals surface area (Å²) in [5.41, 5.74) is 5.57. The molecule has 0 aliphatic heterocycles. The van der Waals surface area contributed by atoms with Gasteiger partial charge in [0.1, 0.15) is 11.3 Å². The molecule has 1 aromatic heterocycles. The number of amides is 3. The van der Waals surface area contributed by atoms with Crippen LogP contribution in [-0.4, -0.2) is 23.5 Å². The monoisotopic (exact) mass is 370 g/mol. The lowest BCUT2D eigenvalue weighted by atomic mass is 10.2. The van der Waals surface area contributed by atoms with E-state index in [9.17, 15) is 9.59 Å². The van der Waals surface area contributed by atoms with E-state index in [4.69, 9.17) is 16.3 Å². The van der Waals surface area contributed by atoms with Gasteiger partial charge in [-0.15, -0.1) is 0 Å². The first-order valence-corrected chi connectivity index (χ1v) is 8.08. The normalized spacial score (nSPS) is 10.2. The molecule has 0 bridgehead atoms. The van der Waals surface area contributed by atoms with Crippen molar-refractivity contribution in [2.75, 3.05) is 11.9 Å². The van der Waals surface area contributed by atoms with E-state index in [2.05, 4.69) is 21.2 Å². The zero-order valence-corrected chi connectivity index (χ0v) is 14.3. The highest BCUT2D eigenvalue weighted by molar-refractivity contribution is 6.33. The van der Waals surface area contributed by atoms with Crippen LogP contribution in [0.5, 0.6) is 5.75 Å². The predicted octanol–water partition coefficient (Wildman–Crippen LogP) is 3.12. The second kappa shape index (κ2) is 8.17. The number of nitrogens with zero attached hydrogens (tertiary/aromatic N) is 1. The van der Waals surface area contributed by atoms with Crippen molar-refractivity contribution < 1.29 is 14.3 Å². The van der Waals surface area contributed by atoms with Crippen molar-refractivity contribution in [3.8, 4) is 5.75 Å². The number of ether oxygens (including phenoxy) is 1. The molecule has 8 heteroatoms. The summed E-state index contributed by atoms with van der Waals surface area (Å²) >= 11 is 5.94. The summed E-state index contributed by atoms with van der Waals surface area (Å²) < 4.78 is 5.48. The van der Waals surface area contributed by atoms with E-state index in [-0.39, 0.29) is 6.61 Å². The quantitative estimate of drug-likeness (QED) is 0.615. The molecule has 0 unspecified atom stereocenters. The lowest BCUT2D eigenvalue weighted by Gasteiger charge is -2.11. The van der Waals surface area contributed by atoms with Crippen LogP contribution in [0.2, 0.25) is 5.02 Å². The standard InChI is InChI=1S/C18H15ClN4O3/c19-13-7-1-2-8-14(13)21-18(25)23-22-16(24)11-26-15-9-3-5-12-6-4-10-20-17(12)15/h1-10H,11H2,(H,22,24)(H2,21,23,25). The van der Waals surface area contributed by atoms with E-state index in [0.29, 0.717) is 22.0 Å². The van der Waals surface area contributed by atoms with Gasteiger partial charge >= 0.3 is 6.03 Å². The number of carbonyl (C=O) groups excluding carboxylic acids is 2. The van der Waals surface area contributed by atoms with Crippen LogP contribution in [0.15, 0.2) is 60.8 Å². The molecule has 1 heterocycles. The van der Waals surface area contributed by atoms with Gasteiger partial charge in [0.2, 0.25) is 0 Å². The second-order valence-electron chi connectivity index (χ2n) is 5.23. The SMILES string of the molecule is O=C(COc1cccc2cccnc12)NNC(=O)Nc1ccccc1Cl. The third-order valence-electron chi connectivity index (χ3n) is 3.39. The van der Waals surface area contributed by atoms with Crippen LogP contribution in [0.25, 0.3) is 10.9 Å². The summed E-state index contributed by atoms with van der Waals surface area (Å²) in [6, 6.07) is 15.3. The topological polar surface area (TPSA) is 92.3 Å². The van der Waals surface area contributed by atoms with Crippen LogP contribution in [-0.2, 0) is 4.79 Å². The molecule has 0 spiro atoms. The fourth-order valence-corrected chi connectivity index (χ4v) is 2.40. The Morgan fingerprint density at radius 2 is 1.81 bits per heavy atom. The van der Waals surface area contributed by atoms with Gasteiger partial charge < -0.3 is 10.1 Å². The Morgan fingerprint density at radius 3 is 2.65 bits per heavy atom. The number of urea groups is 1. The first-order valence-electron chi connectivity index (χ1n) is 7.70. The van der Waals surface area contributed by atoms with Gasteiger partial charge in [0.25, 0.3) is 5.91 Å². The van der Waals surface area contributed by atoms with Crippen LogP contribution >= 0.6 is 11.6 Å². The lowest BCUT2D eigenvalue weighted by Crippen LogP contribution is -2.45. The molecule has 7 nitrogen and oxygen atoms in total. The average Bonchev–Trinajstić information content (AvgIpc) is 2.66. The number of nitrogens with one attached hydrogen (secondary N) is 3. The van der Waals surface area contributed by atoms with Crippen molar-refractivity contribution in [1.82, 2.24) is 15.8 Å². The number of anilines is 1. The summed E-state index contributed by atoms with van der Waals surface area (Å²) in [5, 5.41) is 3.81. The van der Waals surface area contributed by atoms with E-state index in [1.807, 2.05) is 24.3 Å². The molecule has 3 N–H and O–H groups in total. The highest BCUT2D eigenvalue weighted by atomic mass is 35.5. The van der Waals surface area contributed by atoms with E-state index < -0.39 is 11.9 Å². The molecule has 3 amide bonds. The van der Waals surface area contributed by atoms with Gasteiger partial charge in [0.15, 0.2) is 6.61 Å². The Morgan fingerprint density at radius 1 is 1.00 bits per heavy atom. The number of rotatable bonds is 4.